The first-order chi connectivity index (χ1) is 13.8. The summed E-state index contributed by atoms with van der Waals surface area (Å²) in [5, 5.41) is 0. The van der Waals surface area contributed by atoms with Gasteiger partial charge < -0.3 is 9.53 Å². The Kier molecular flexibility index (Phi) is 5.63. The van der Waals surface area contributed by atoms with Gasteiger partial charge in [0.25, 0.3) is 0 Å². The number of hydrogen-bond donors (Lipinski definition) is 0. The van der Waals surface area contributed by atoms with Gasteiger partial charge in [0.05, 0.1) is 6.61 Å². The van der Waals surface area contributed by atoms with Gasteiger partial charge in [0, 0.05) is 37.0 Å². The van der Waals surface area contributed by atoms with Crippen LogP contribution < -0.4 is 4.74 Å². The third-order valence-corrected chi connectivity index (χ3v) is 6.33. The molecule has 0 bridgehead atoms. The summed E-state index contributed by atoms with van der Waals surface area (Å²) in [5.41, 5.74) is 5.64. The number of carbonyl (C=O) groups excluding carboxylic acids is 1. The SMILES string of the molecule is C=C/C=C\C=C1/CCOc2ccccc2C1=C1CCN(C2(CC=O)CC2)CC1. The van der Waals surface area contributed by atoms with E-state index in [2.05, 4.69) is 41.8 Å². The largest absolute Gasteiger partial charge is 0.493 e. The number of aldehydes is 1. The fraction of sp³-hybridized carbons (Fsp3) is 0.400. The molecule has 1 aromatic rings. The van der Waals surface area contributed by atoms with Crippen LogP contribution >= 0.6 is 0 Å². The number of allylic oxidation sites excluding steroid dienone is 5. The summed E-state index contributed by atoms with van der Waals surface area (Å²) in [6.45, 7) is 6.57. The van der Waals surface area contributed by atoms with Gasteiger partial charge in [-0.15, -0.1) is 0 Å². The predicted octanol–water partition coefficient (Wildman–Crippen LogP) is 5.11. The molecule has 0 spiro atoms. The summed E-state index contributed by atoms with van der Waals surface area (Å²) < 4.78 is 6.05. The monoisotopic (exact) mass is 375 g/mol. The third kappa shape index (κ3) is 3.77. The number of para-hydroxylation sites is 1. The van der Waals surface area contributed by atoms with Crippen molar-refractivity contribution in [2.24, 2.45) is 0 Å². The number of likely N-dealkylation sites (tertiary alicyclic amines) is 1. The Labute approximate surface area is 168 Å². The zero-order valence-electron chi connectivity index (χ0n) is 16.5. The molecule has 3 aliphatic rings. The van der Waals surface area contributed by atoms with Crippen molar-refractivity contribution in [3.63, 3.8) is 0 Å². The topological polar surface area (TPSA) is 29.5 Å². The number of ether oxygens (including phenoxy) is 1. The number of nitrogens with zero attached hydrogens (tertiary/aromatic N) is 1. The molecule has 1 aromatic carbocycles. The van der Waals surface area contributed by atoms with Crippen molar-refractivity contribution in [3.05, 3.63) is 71.9 Å². The Morgan fingerprint density at radius 3 is 2.61 bits per heavy atom. The van der Waals surface area contributed by atoms with E-state index >= 15 is 0 Å². The van der Waals surface area contributed by atoms with E-state index in [1.807, 2.05) is 18.2 Å². The van der Waals surface area contributed by atoms with Gasteiger partial charge in [0.2, 0.25) is 0 Å². The van der Waals surface area contributed by atoms with Crippen LogP contribution in [0.25, 0.3) is 5.57 Å². The van der Waals surface area contributed by atoms with Crippen LogP contribution in [0.4, 0.5) is 0 Å². The van der Waals surface area contributed by atoms with E-state index in [0.29, 0.717) is 13.0 Å². The first kappa shape index (κ1) is 18.9. The molecule has 1 saturated carbocycles. The van der Waals surface area contributed by atoms with Crippen LogP contribution in [0.15, 0.2) is 66.3 Å². The lowest BCUT2D eigenvalue weighted by atomic mass is 9.86. The second kappa shape index (κ2) is 8.32. The van der Waals surface area contributed by atoms with Crippen molar-refractivity contribution in [2.45, 2.75) is 44.1 Å². The van der Waals surface area contributed by atoms with E-state index in [1.165, 1.54) is 35.1 Å². The van der Waals surface area contributed by atoms with Crippen molar-refractivity contribution >= 4 is 11.9 Å². The maximum Gasteiger partial charge on any atom is 0.127 e. The van der Waals surface area contributed by atoms with Crippen molar-refractivity contribution in [1.29, 1.82) is 0 Å². The maximum atomic E-state index is 11.1. The zero-order chi connectivity index (χ0) is 19.4. The van der Waals surface area contributed by atoms with Gasteiger partial charge >= 0.3 is 0 Å². The summed E-state index contributed by atoms with van der Waals surface area (Å²) in [5.74, 6) is 0.989. The highest BCUT2D eigenvalue weighted by Crippen LogP contribution is 2.47. The van der Waals surface area contributed by atoms with Gasteiger partial charge in [-0.05, 0) is 42.9 Å². The fourth-order valence-corrected chi connectivity index (χ4v) is 4.65. The van der Waals surface area contributed by atoms with E-state index in [4.69, 9.17) is 4.74 Å². The summed E-state index contributed by atoms with van der Waals surface area (Å²) in [4.78, 5) is 13.6. The van der Waals surface area contributed by atoms with Gasteiger partial charge in [-0.2, -0.15) is 0 Å². The Morgan fingerprint density at radius 1 is 1.11 bits per heavy atom. The van der Waals surface area contributed by atoms with Crippen LogP contribution in [0.5, 0.6) is 5.75 Å². The minimum absolute atomic E-state index is 0.174. The lowest BCUT2D eigenvalue weighted by molar-refractivity contribution is -0.109. The normalized spacial score (nSPS) is 23.2. The summed E-state index contributed by atoms with van der Waals surface area (Å²) in [6.07, 6.45) is 15.3. The molecule has 28 heavy (non-hydrogen) atoms. The summed E-state index contributed by atoms with van der Waals surface area (Å²) in [7, 11) is 0. The number of hydrogen-bond acceptors (Lipinski definition) is 3. The van der Waals surface area contributed by atoms with Crippen LogP contribution in [0.1, 0.15) is 44.1 Å². The second-order valence-corrected chi connectivity index (χ2v) is 7.97. The molecule has 2 aliphatic heterocycles. The van der Waals surface area contributed by atoms with E-state index in [1.54, 1.807) is 0 Å². The molecule has 0 radical (unpaired) electrons. The van der Waals surface area contributed by atoms with E-state index in [9.17, 15) is 4.79 Å². The van der Waals surface area contributed by atoms with E-state index in [0.717, 1.165) is 44.4 Å². The van der Waals surface area contributed by atoms with Gasteiger partial charge in [0.1, 0.15) is 12.0 Å². The van der Waals surface area contributed by atoms with Crippen molar-refractivity contribution in [2.75, 3.05) is 19.7 Å². The quantitative estimate of drug-likeness (QED) is 0.529. The molecular weight excluding hydrogens is 346 g/mol. The molecule has 0 N–H and O–H groups in total. The standard InChI is InChI=1S/C25H29NO2/c1-2-3-4-7-20-12-19-28-23-9-6-5-8-22(23)24(20)21-10-16-26(17-11-21)25(13-14-25)15-18-27/h2-9,18H,1,10-17,19H2/b4-3-,20-7+. The van der Waals surface area contributed by atoms with E-state index in [-0.39, 0.29) is 5.54 Å². The molecule has 2 fully saturated rings. The average molecular weight is 376 g/mol. The van der Waals surface area contributed by atoms with Crippen molar-refractivity contribution in [1.82, 2.24) is 4.90 Å². The number of rotatable bonds is 5. The van der Waals surface area contributed by atoms with E-state index < -0.39 is 0 Å². The highest BCUT2D eigenvalue weighted by Gasteiger charge is 2.47. The molecule has 3 nitrogen and oxygen atoms in total. The Balaban J connectivity index is 1.67. The predicted molar refractivity (Wildman–Crippen MR) is 114 cm³/mol. The smallest absolute Gasteiger partial charge is 0.127 e. The van der Waals surface area contributed by atoms with Crippen LogP contribution in [-0.2, 0) is 4.79 Å². The van der Waals surface area contributed by atoms with Crippen molar-refractivity contribution < 1.29 is 9.53 Å². The van der Waals surface area contributed by atoms with Crippen LogP contribution in [-0.4, -0.2) is 36.4 Å². The molecule has 0 atom stereocenters. The Hall–Kier alpha value is -2.39. The van der Waals surface area contributed by atoms with Gasteiger partial charge in [0.15, 0.2) is 0 Å². The molecule has 0 aromatic heterocycles. The molecule has 3 heteroatoms. The molecule has 2 heterocycles. The highest BCUT2D eigenvalue weighted by molar-refractivity contribution is 5.85. The molecule has 4 rings (SSSR count). The lowest BCUT2D eigenvalue weighted by Crippen LogP contribution is -2.42. The van der Waals surface area contributed by atoms with Crippen molar-refractivity contribution in [3.8, 4) is 5.75 Å². The average Bonchev–Trinajstić information content (AvgIpc) is 3.52. The first-order valence-electron chi connectivity index (χ1n) is 10.4. The van der Waals surface area contributed by atoms with Crippen LogP contribution in [0.2, 0.25) is 0 Å². The minimum atomic E-state index is 0.174. The maximum absolute atomic E-state index is 11.1. The number of piperidine rings is 1. The van der Waals surface area contributed by atoms with Crippen LogP contribution in [0, 0.1) is 0 Å². The molecular formula is C25H29NO2. The lowest BCUT2D eigenvalue weighted by Gasteiger charge is -2.36. The molecule has 1 saturated heterocycles. The summed E-state index contributed by atoms with van der Waals surface area (Å²) in [6, 6.07) is 8.42. The van der Waals surface area contributed by atoms with Gasteiger partial charge in [-0.1, -0.05) is 54.7 Å². The van der Waals surface area contributed by atoms with Gasteiger partial charge in [-0.25, -0.2) is 0 Å². The highest BCUT2D eigenvalue weighted by atomic mass is 16.5. The zero-order valence-corrected chi connectivity index (χ0v) is 16.5. The number of fused-ring (bicyclic) bond motifs is 1. The van der Waals surface area contributed by atoms with Crippen LogP contribution in [0.3, 0.4) is 0 Å². The van der Waals surface area contributed by atoms with Gasteiger partial charge in [-0.3, -0.25) is 4.90 Å². The third-order valence-electron chi connectivity index (χ3n) is 6.33. The Morgan fingerprint density at radius 2 is 1.89 bits per heavy atom. The molecule has 1 aliphatic carbocycles. The summed E-state index contributed by atoms with van der Waals surface area (Å²) >= 11 is 0. The second-order valence-electron chi connectivity index (χ2n) is 7.97. The number of carbonyl (C=O) groups is 1. The Bertz CT molecular complexity index is 832. The molecule has 0 unspecified atom stereocenters. The first-order valence-corrected chi connectivity index (χ1v) is 10.4. The fourth-order valence-electron chi connectivity index (χ4n) is 4.65. The number of benzene rings is 1. The minimum Gasteiger partial charge on any atom is -0.493 e. The molecule has 0 amide bonds. The molecule has 146 valence electrons.